The highest BCUT2D eigenvalue weighted by atomic mass is 16.4. The van der Waals surface area contributed by atoms with Crippen molar-refractivity contribution in [2.24, 2.45) is 5.73 Å². The predicted octanol–water partition coefficient (Wildman–Crippen LogP) is 1.90. The van der Waals surface area contributed by atoms with Crippen molar-refractivity contribution in [2.45, 2.75) is 19.9 Å². The standard InChI is InChI=1S/C18H19N3O3/c1-11(18(23)24)7-15(19)9-13-3-6-17-14(8-13)4-5-16(21-17)10-20-12(2)22/h3-8H,1,9-10,19H2,2H3,(H,20,22)(H,23,24)/b15-7-. The molecule has 4 N–H and O–H groups in total. The van der Waals surface area contributed by atoms with Crippen LogP contribution in [0, 0.1) is 0 Å². The van der Waals surface area contributed by atoms with E-state index in [1.54, 1.807) is 0 Å². The second-order valence-electron chi connectivity index (χ2n) is 5.47. The minimum atomic E-state index is -1.09. The predicted molar refractivity (Wildman–Crippen MR) is 92.0 cm³/mol. The molecule has 1 aromatic heterocycles. The first-order valence-electron chi connectivity index (χ1n) is 7.36. The van der Waals surface area contributed by atoms with Gasteiger partial charge in [0, 0.05) is 24.4 Å². The Morgan fingerprint density at radius 2 is 2.08 bits per heavy atom. The third-order valence-corrected chi connectivity index (χ3v) is 3.37. The molecule has 1 amide bonds. The molecule has 6 heteroatoms. The van der Waals surface area contributed by atoms with Gasteiger partial charge in [-0.25, -0.2) is 4.79 Å². The van der Waals surface area contributed by atoms with Gasteiger partial charge in [0.25, 0.3) is 0 Å². The topological polar surface area (TPSA) is 105 Å². The number of benzene rings is 1. The number of carbonyl (C=O) groups is 2. The quantitative estimate of drug-likeness (QED) is 0.555. The van der Waals surface area contributed by atoms with E-state index in [1.807, 2.05) is 30.3 Å². The van der Waals surface area contributed by atoms with Crippen molar-refractivity contribution in [2.75, 3.05) is 0 Å². The van der Waals surface area contributed by atoms with E-state index in [0.717, 1.165) is 22.2 Å². The van der Waals surface area contributed by atoms with Crippen molar-refractivity contribution in [1.82, 2.24) is 10.3 Å². The number of rotatable bonds is 6. The first-order chi connectivity index (χ1) is 11.3. The van der Waals surface area contributed by atoms with E-state index < -0.39 is 5.97 Å². The summed E-state index contributed by atoms with van der Waals surface area (Å²) in [6, 6.07) is 9.50. The lowest BCUT2D eigenvalue weighted by Crippen LogP contribution is -2.19. The summed E-state index contributed by atoms with van der Waals surface area (Å²) < 4.78 is 0. The van der Waals surface area contributed by atoms with Crippen LogP contribution < -0.4 is 11.1 Å². The molecule has 0 spiro atoms. The number of carbonyl (C=O) groups excluding carboxylic acids is 1. The number of aromatic nitrogens is 1. The van der Waals surface area contributed by atoms with Crippen molar-refractivity contribution in [3.63, 3.8) is 0 Å². The van der Waals surface area contributed by atoms with Crippen LogP contribution in [-0.4, -0.2) is 22.0 Å². The zero-order chi connectivity index (χ0) is 17.7. The maximum Gasteiger partial charge on any atom is 0.335 e. The third-order valence-electron chi connectivity index (χ3n) is 3.37. The molecule has 24 heavy (non-hydrogen) atoms. The summed E-state index contributed by atoms with van der Waals surface area (Å²) in [5.74, 6) is -1.19. The number of nitrogens with one attached hydrogen (secondary N) is 1. The van der Waals surface area contributed by atoms with E-state index in [2.05, 4.69) is 16.9 Å². The molecule has 6 nitrogen and oxygen atoms in total. The molecule has 2 rings (SSSR count). The number of aliphatic carboxylic acids is 1. The number of amides is 1. The summed E-state index contributed by atoms with van der Waals surface area (Å²) in [5.41, 5.74) is 8.79. The second-order valence-corrected chi connectivity index (χ2v) is 5.47. The van der Waals surface area contributed by atoms with Gasteiger partial charge in [-0.3, -0.25) is 9.78 Å². The first-order valence-corrected chi connectivity index (χ1v) is 7.36. The van der Waals surface area contributed by atoms with Gasteiger partial charge in [0.05, 0.1) is 23.3 Å². The molecular weight excluding hydrogens is 306 g/mol. The molecule has 2 aromatic rings. The zero-order valence-electron chi connectivity index (χ0n) is 13.4. The minimum absolute atomic E-state index is 0.0439. The molecule has 0 saturated carbocycles. The fourth-order valence-electron chi connectivity index (χ4n) is 2.21. The van der Waals surface area contributed by atoms with Gasteiger partial charge in [0.2, 0.25) is 5.91 Å². The van der Waals surface area contributed by atoms with Crippen molar-refractivity contribution in [3.8, 4) is 0 Å². The van der Waals surface area contributed by atoms with Gasteiger partial charge in [0.1, 0.15) is 0 Å². The first kappa shape index (κ1) is 17.2. The fourth-order valence-corrected chi connectivity index (χ4v) is 2.21. The number of hydrogen-bond donors (Lipinski definition) is 3. The van der Waals surface area contributed by atoms with E-state index >= 15 is 0 Å². The zero-order valence-corrected chi connectivity index (χ0v) is 13.4. The number of fused-ring (bicyclic) bond motifs is 1. The molecule has 0 aliphatic carbocycles. The number of carboxylic acid groups (broad SMARTS) is 1. The maximum absolute atomic E-state index is 10.9. The number of carboxylic acids is 1. The number of hydrogen-bond acceptors (Lipinski definition) is 4. The molecule has 1 aromatic carbocycles. The van der Waals surface area contributed by atoms with E-state index in [4.69, 9.17) is 10.8 Å². The molecule has 0 radical (unpaired) electrons. The summed E-state index contributed by atoms with van der Waals surface area (Å²) >= 11 is 0. The van der Waals surface area contributed by atoms with Crippen LogP contribution in [0.2, 0.25) is 0 Å². The molecule has 0 aliphatic heterocycles. The van der Waals surface area contributed by atoms with Gasteiger partial charge in [-0.1, -0.05) is 18.7 Å². The normalized spacial score (nSPS) is 11.3. The fraction of sp³-hybridized carbons (Fsp3) is 0.167. The summed E-state index contributed by atoms with van der Waals surface area (Å²) in [7, 11) is 0. The van der Waals surface area contributed by atoms with Gasteiger partial charge >= 0.3 is 5.97 Å². The number of allylic oxidation sites excluding steroid dienone is 1. The van der Waals surface area contributed by atoms with Crippen LogP contribution in [0.25, 0.3) is 10.9 Å². The van der Waals surface area contributed by atoms with Gasteiger partial charge in [-0.15, -0.1) is 0 Å². The van der Waals surface area contributed by atoms with Crippen molar-refractivity contribution < 1.29 is 14.7 Å². The van der Waals surface area contributed by atoms with Crippen LogP contribution >= 0.6 is 0 Å². The van der Waals surface area contributed by atoms with Crippen LogP contribution in [0.5, 0.6) is 0 Å². The van der Waals surface area contributed by atoms with E-state index in [1.165, 1.54) is 13.0 Å². The Bertz CT molecular complexity index is 841. The highest BCUT2D eigenvalue weighted by Crippen LogP contribution is 2.17. The molecule has 0 saturated heterocycles. The van der Waals surface area contributed by atoms with E-state index in [0.29, 0.717) is 18.7 Å². The monoisotopic (exact) mass is 325 g/mol. The van der Waals surface area contributed by atoms with E-state index in [-0.39, 0.29) is 11.5 Å². The summed E-state index contributed by atoms with van der Waals surface area (Å²) in [6.07, 6.45) is 1.79. The Morgan fingerprint density at radius 3 is 2.75 bits per heavy atom. The lowest BCUT2D eigenvalue weighted by molar-refractivity contribution is -0.132. The molecule has 0 aliphatic rings. The van der Waals surface area contributed by atoms with Gasteiger partial charge in [-0.2, -0.15) is 0 Å². The molecule has 1 heterocycles. The molecule has 0 atom stereocenters. The lowest BCUT2D eigenvalue weighted by atomic mass is 10.1. The van der Waals surface area contributed by atoms with Crippen molar-refractivity contribution in [3.05, 3.63) is 65.5 Å². The molecule has 0 fully saturated rings. The third kappa shape index (κ3) is 4.67. The Morgan fingerprint density at radius 1 is 1.33 bits per heavy atom. The van der Waals surface area contributed by atoms with Crippen LogP contribution in [0.15, 0.2) is 54.3 Å². The Balaban J connectivity index is 2.16. The average molecular weight is 325 g/mol. The lowest BCUT2D eigenvalue weighted by Gasteiger charge is -2.07. The molecule has 0 unspecified atom stereocenters. The Hall–Kier alpha value is -3.15. The number of nitrogens with two attached hydrogens (primary N) is 1. The van der Waals surface area contributed by atoms with Gasteiger partial charge in [0.15, 0.2) is 0 Å². The Labute approximate surface area is 139 Å². The van der Waals surface area contributed by atoms with Crippen molar-refractivity contribution in [1.29, 1.82) is 0 Å². The molecular formula is C18H19N3O3. The van der Waals surface area contributed by atoms with Crippen LogP contribution in [0.4, 0.5) is 0 Å². The van der Waals surface area contributed by atoms with Crippen LogP contribution in [-0.2, 0) is 22.6 Å². The second kappa shape index (κ2) is 7.41. The summed E-state index contributed by atoms with van der Waals surface area (Å²) in [6.45, 7) is 5.28. The van der Waals surface area contributed by atoms with Crippen molar-refractivity contribution >= 4 is 22.8 Å². The molecule has 124 valence electrons. The largest absolute Gasteiger partial charge is 0.478 e. The van der Waals surface area contributed by atoms with Gasteiger partial charge in [-0.05, 0) is 29.8 Å². The SMILES string of the molecule is C=C(/C=C(\N)Cc1ccc2nc(CNC(C)=O)ccc2c1)C(=O)O. The highest BCUT2D eigenvalue weighted by molar-refractivity contribution is 5.89. The number of pyridine rings is 1. The van der Waals surface area contributed by atoms with E-state index in [9.17, 15) is 9.59 Å². The maximum atomic E-state index is 10.9. The smallest absolute Gasteiger partial charge is 0.335 e. The Kier molecular flexibility index (Phi) is 5.31. The number of nitrogens with zero attached hydrogens (tertiary/aromatic N) is 1. The van der Waals surface area contributed by atoms with Crippen LogP contribution in [0.3, 0.4) is 0 Å². The average Bonchev–Trinajstić information content (AvgIpc) is 2.52. The minimum Gasteiger partial charge on any atom is -0.478 e. The molecule has 0 bridgehead atoms. The highest BCUT2D eigenvalue weighted by Gasteiger charge is 2.04. The van der Waals surface area contributed by atoms with Crippen LogP contribution in [0.1, 0.15) is 18.2 Å². The summed E-state index contributed by atoms with van der Waals surface area (Å²) in [5, 5.41) is 12.5. The summed E-state index contributed by atoms with van der Waals surface area (Å²) in [4.78, 5) is 26.2. The van der Waals surface area contributed by atoms with Gasteiger partial charge < -0.3 is 16.2 Å².